The Balaban J connectivity index is 3.00. The van der Waals surface area contributed by atoms with E-state index in [0.29, 0.717) is 17.1 Å². The van der Waals surface area contributed by atoms with Crippen LogP contribution in [-0.2, 0) is 17.6 Å². The van der Waals surface area contributed by atoms with Crippen LogP contribution in [0.4, 0.5) is 0 Å². The minimum absolute atomic E-state index is 0.142. The van der Waals surface area contributed by atoms with Gasteiger partial charge in [-0.15, -0.1) is 11.3 Å². The molecule has 2 N–H and O–H groups in total. The summed E-state index contributed by atoms with van der Waals surface area (Å²) >= 11 is 0.929. The molecule has 0 bridgehead atoms. The molecule has 1 aromatic rings. The van der Waals surface area contributed by atoms with Crippen LogP contribution in [0.5, 0.6) is 0 Å². The van der Waals surface area contributed by atoms with Crippen LogP contribution in [0.25, 0.3) is 0 Å². The summed E-state index contributed by atoms with van der Waals surface area (Å²) in [5.74, 6) is -2.05. The number of aliphatic carboxylic acids is 1. The smallest absolute Gasteiger partial charge is 0.347 e. The van der Waals surface area contributed by atoms with Crippen LogP contribution >= 0.6 is 11.3 Å². The van der Waals surface area contributed by atoms with E-state index in [1.807, 2.05) is 0 Å². The van der Waals surface area contributed by atoms with Crippen molar-refractivity contribution >= 4 is 23.3 Å². The summed E-state index contributed by atoms with van der Waals surface area (Å²) in [6.45, 7) is 1.78. The van der Waals surface area contributed by atoms with Crippen LogP contribution in [-0.4, -0.2) is 27.1 Å². The third-order valence-electron chi connectivity index (χ3n) is 1.57. The van der Waals surface area contributed by atoms with Gasteiger partial charge in [0.25, 0.3) is 0 Å². The number of aromatic nitrogens is 1. The van der Waals surface area contributed by atoms with Crippen molar-refractivity contribution in [2.24, 2.45) is 0 Å². The van der Waals surface area contributed by atoms with E-state index in [0.717, 1.165) is 11.3 Å². The molecular weight excluding hydrogens is 206 g/mol. The van der Waals surface area contributed by atoms with Crippen LogP contribution in [0.2, 0.25) is 0 Å². The molecule has 0 aliphatic carbocycles. The molecule has 0 saturated heterocycles. The highest BCUT2D eigenvalue weighted by molar-refractivity contribution is 7.13. The Labute approximate surface area is 84.0 Å². The molecular formula is C8H9NO4S. The molecule has 6 heteroatoms. The number of hydrogen-bond acceptors (Lipinski definition) is 4. The predicted molar refractivity (Wildman–Crippen MR) is 49.8 cm³/mol. The van der Waals surface area contributed by atoms with E-state index in [1.165, 1.54) is 0 Å². The highest BCUT2D eigenvalue weighted by Gasteiger charge is 2.16. The molecule has 0 radical (unpaired) electrons. The van der Waals surface area contributed by atoms with Crippen molar-refractivity contribution in [3.05, 3.63) is 15.6 Å². The zero-order valence-electron chi connectivity index (χ0n) is 7.48. The van der Waals surface area contributed by atoms with E-state index in [-0.39, 0.29) is 11.3 Å². The Bertz CT molecular complexity index is 371. The Kier molecular flexibility index (Phi) is 3.19. The van der Waals surface area contributed by atoms with Crippen molar-refractivity contribution in [3.8, 4) is 0 Å². The molecule has 5 nitrogen and oxygen atoms in total. The van der Waals surface area contributed by atoms with Crippen LogP contribution in [0.15, 0.2) is 0 Å². The third kappa shape index (κ3) is 2.29. The average molecular weight is 215 g/mol. The largest absolute Gasteiger partial charge is 0.481 e. The van der Waals surface area contributed by atoms with E-state index < -0.39 is 11.9 Å². The molecule has 76 valence electrons. The lowest BCUT2D eigenvalue weighted by atomic mass is 10.3. The second-order valence-electron chi connectivity index (χ2n) is 2.61. The van der Waals surface area contributed by atoms with Crippen molar-refractivity contribution in [2.75, 3.05) is 0 Å². The normalized spacial score (nSPS) is 10.1. The van der Waals surface area contributed by atoms with E-state index in [1.54, 1.807) is 6.92 Å². The minimum atomic E-state index is -1.05. The summed E-state index contributed by atoms with van der Waals surface area (Å²) in [4.78, 5) is 25.2. The maximum absolute atomic E-state index is 10.7. The number of aromatic carboxylic acids is 1. The molecule has 0 saturated carbocycles. The van der Waals surface area contributed by atoms with Gasteiger partial charge in [-0.25, -0.2) is 9.78 Å². The minimum Gasteiger partial charge on any atom is -0.481 e. The van der Waals surface area contributed by atoms with E-state index >= 15 is 0 Å². The predicted octanol–water partition coefficient (Wildman–Crippen LogP) is 1.03. The van der Waals surface area contributed by atoms with Gasteiger partial charge < -0.3 is 10.2 Å². The molecule has 0 amide bonds. The summed E-state index contributed by atoms with van der Waals surface area (Å²) in [6.07, 6.45) is 0.280. The van der Waals surface area contributed by atoms with E-state index in [4.69, 9.17) is 10.2 Å². The molecule has 1 aromatic heterocycles. The maximum atomic E-state index is 10.7. The fourth-order valence-electron chi connectivity index (χ4n) is 1.01. The number of carboxylic acid groups (broad SMARTS) is 2. The van der Waals surface area contributed by atoms with Gasteiger partial charge in [0, 0.05) is 0 Å². The third-order valence-corrected chi connectivity index (χ3v) is 2.66. The lowest BCUT2D eigenvalue weighted by Gasteiger charge is -1.89. The second kappa shape index (κ2) is 4.19. The van der Waals surface area contributed by atoms with Gasteiger partial charge in [0.1, 0.15) is 9.88 Å². The molecule has 0 atom stereocenters. The average Bonchev–Trinajstić information content (AvgIpc) is 2.46. The highest BCUT2D eigenvalue weighted by Crippen LogP contribution is 2.19. The first-order valence-corrected chi connectivity index (χ1v) is 4.80. The number of hydrogen-bond donors (Lipinski definition) is 2. The first-order chi connectivity index (χ1) is 6.54. The van der Waals surface area contributed by atoms with Crippen LogP contribution in [0, 0.1) is 0 Å². The summed E-state index contributed by atoms with van der Waals surface area (Å²) < 4.78 is 0. The number of aryl methyl sites for hydroxylation is 1. The molecule has 0 spiro atoms. The van der Waals surface area contributed by atoms with Crippen molar-refractivity contribution in [2.45, 2.75) is 19.8 Å². The van der Waals surface area contributed by atoms with Crippen LogP contribution < -0.4 is 0 Å². The summed E-state index contributed by atoms with van der Waals surface area (Å²) in [6, 6.07) is 0. The number of carboxylic acids is 2. The van der Waals surface area contributed by atoms with Gasteiger partial charge in [0.2, 0.25) is 0 Å². The van der Waals surface area contributed by atoms with E-state index in [2.05, 4.69) is 4.98 Å². The van der Waals surface area contributed by atoms with Gasteiger partial charge in [0.05, 0.1) is 12.1 Å². The molecule has 1 rings (SSSR count). The molecule has 14 heavy (non-hydrogen) atoms. The SMILES string of the molecule is CCc1nc(CC(=O)O)sc1C(=O)O. The fourth-order valence-corrected chi connectivity index (χ4v) is 1.99. The molecule has 0 aliphatic heterocycles. The lowest BCUT2D eigenvalue weighted by Crippen LogP contribution is -1.99. The molecule has 0 aromatic carbocycles. The summed E-state index contributed by atoms with van der Waals surface area (Å²) in [5, 5.41) is 17.6. The number of carbonyl (C=O) groups is 2. The first-order valence-electron chi connectivity index (χ1n) is 3.98. The standard InChI is InChI=1S/C8H9NO4S/c1-2-4-7(8(12)13)14-5(9-4)3-6(10)11/h2-3H2,1H3,(H,10,11)(H,12,13). The van der Waals surface area contributed by atoms with Crippen molar-refractivity contribution in [3.63, 3.8) is 0 Å². The van der Waals surface area contributed by atoms with Crippen LogP contribution in [0.1, 0.15) is 27.3 Å². The Morgan fingerprint density at radius 2 is 2.07 bits per heavy atom. The van der Waals surface area contributed by atoms with Gasteiger partial charge in [-0.3, -0.25) is 4.79 Å². The van der Waals surface area contributed by atoms with Crippen molar-refractivity contribution in [1.82, 2.24) is 4.98 Å². The summed E-state index contributed by atoms with van der Waals surface area (Å²) in [7, 11) is 0. The first kappa shape index (κ1) is 10.6. The molecule has 0 fully saturated rings. The van der Waals surface area contributed by atoms with Crippen LogP contribution in [0.3, 0.4) is 0 Å². The van der Waals surface area contributed by atoms with Gasteiger partial charge in [-0.2, -0.15) is 0 Å². The topological polar surface area (TPSA) is 87.5 Å². The van der Waals surface area contributed by atoms with Gasteiger partial charge in [0.15, 0.2) is 0 Å². The highest BCUT2D eigenvalue weighted by atomic mass is 32.1. The Hall–Kier alpha value is -1.43. The van der Waals surface area contributed by atoms with Crippen molar-refractivity contribution < 1.29 is 19.8 Å². The van der Waals surface area contributed by atoms with E-state index in [9.17, 15) is 9.59 Å². The number of nitrogens with zero attached hydrogens (tertiary/aromatic N) is 1. The second-order valence-corrected chi connectivity index (χ2v) is 3.70. The number of rotatable bonds is 4. The Morgan fingerprint density at radius 1 is 1.43 bits per heavy atom. The number of thiazole rings is 1. The van der Waals surface area contributed by atoms with Gasteiger partial charge in [-0.1, -0.05) is 6.92 Å². The Morgan fingerprint density at radius 3 is 2.43 bits per heavy atom. The van der Waals surface area contributed by atoms with Gasteiger partial charge >= 0.3 is 11.9 Å². The molecule has 1 heterocycles. The monoisotopic (exact) mass is 215 g/mol. The lowest BCUT2D eigenvalue weighted by molar-refractivity contribution is -0.136. The quantitative estimate of drug-likeness (QED) is 0.783. The summed E-state index contributed by atoms with van der Waals surface area (Å²) in [5.41, 5.74) is 0.457. The van der Waals surface area contributed by atoms with Gasteiger partial charge in [-0.05, 0) is 6.42 Å². The zero-order chi connectivity index (χ0) is 10.7. The fraction of sp³-hybridized carbons (Fsp3) is 0.375. The molecule has 0 aliphatic rings. The molecule has 0 unspecified atom stereocenters. The van der Waals surface area contributed by atoms with Crippen molar-refractivity contribution in [1.29, 1.82) is 0 Å². The maximum Gasteiger partial charge on any atom is 0.347 e. The zero-order valence-corrected chi connectivity index (χ0v) is 8.30.